The Kier molecular flexibility index (Phi) is 4.07. The predicted molar refractivity (Wildman–Crippen MR) is 73.9 cm³/mol. The summed E-state index contributed by atoms with van der Waals surface area (Å²) in [5, 5.41) is 18.1. The molecule has 0 amide bonds. The fourth-order valence-electron chi connectivity index (χ4n) is 1.81. The van der Waals surface area contributed by atoms with Crippen molar-refractivity contribution in [1.82, 2.24) is 0 Å². The first-order valence-corrected chi connectivity index (χ1v) is 6.26. The molecule has 0 radical (unpaired) electrons. The molecule has 0 saturated heterocycles. The summed E-state index contributed by atoms with van der Waals surface area (Å²) in [5.74, 6) is -0.713. The van der Waals surface area contributed by atoms with Crippen LogP contribution in [0.15, 0.2) is 48.5 Å². The van der Waals surface area contributed by atoms with Gasteiger partial charge in [-0.3, -0.25) is 4.79 Å². The van der Waals surface area contributed by atoms with Gasteiger partial charge in [-0.05, 0) is 24.1 Å². The Hall–Kier alpha value is -2.00. The molecule has 2 N–H and O–H groups in total. The Morgan fingerprint density at radius 2 is 1.79 bits per heavy atom. The van der Waals surface area contributed by atoms with Crippen molar-refractivity contribution in [2.24, 2.45) is 0 Å². The zero-order chi connectivity index (χ0) is 13.8. The fraction of sp³-hybridized carbons (Fsp3) is 0.133. The number of phenolic OH excluding ortho intramolecular Hbond substituents is 2. The monoisotopic (exact) mass is 276 g/mol. The van der Waals surface area contributed by atoms with Crippen molar-refractivity contribution in [2.75, 3.05) is 0 Å². The molecule has 0 aromatic heterocycles. The van der Waals surface area contributed by atoms with Crippen molar-refractivity contribution in [1.29, 1.82) is 0 Å². The summed E-state index contributed by atoms with van der Waals surface area (Å²) in [7, 11) is 0. The molecular formula is C15H13ClO3. The summed E-state index contributed by atoms with van der Waals surface area (Å²) in [6.07, 6.45) is 0.390. The van der Waals surface area contributed by atoms with Crippen LogP contribution in [0.2, 0.25) is 0 Å². The van der Waals surface area contributed by atoms with Gasteiger partial charge in [0.1, 0.15) is 16.9 Å². The van der Waals surface area contributed by atoms with E-state index in [9.17, 15) is 15.0 Å². The number of rotatable bonds is 4. The topological polar surface area (TPSA) is 57.5 Å². The van der Waals surface area contributed by atoms with E-state index in [0.29, 0.717) is 6.42 Å². The standard InChI is InChI=1S/C15H13ClO3/c16-13(8-10-4-2-1-3-5-10)15(19)12-7-6-11(17)9-14(12)18/h1-7,9,13,17-18H,8H2. The highest BCUT2D eigenvalue weighted by atomic mass is 35.5. The van der Waals surface area contributed by atoms with Gasteiger partial charge < -0.3 is 10.2 Å². The summed E-state index contributed by atoms with van der Waals surface area (Å²) in [6.45, 7) is 0. The van der Waals surface area contributed by atoms with Gasteiger partial charge in [0, 0.05) is 6.07 Å². The van der Waals surface area contributed by atoms with Gasteiger partial charge in [0.05, 0.1) is 5.56 Å². The summed E-state index contributed by atoms with van der Waals surface area (Å²) in [5.41, 5.74) is 1.07. The number of hydrogen-bond acceptors (Lipinski definition) is 3. The molecule has 1 atom stereocenters. The molecule has 2 rings (SSSR count). The van der Waals surface area contributed by atoms with E-state index >= 15 is 0 Å². The maximum atomic E-state index is 12.1. The van der Waals surface area contributed by atoms with E-state index < -0.39 is 5.38 Å². The van der Waals surface area contributed by atoms with Crippen LogP contribution in [0.4, 0.5) is 0 Å². The zero-order valence-corrected chi connectivity index (χ0v) is 10.8. The van der Waals surface area contributed by atoms with E-state index in [-0.39, 0.29) is 22.8 Å². The van der Waals surface area contributed by atoms with Crippen molar-refractivity contribution in [3.63, 3.8) is 0 Å². The maximum Gasteiger partial charge on any atom is 0.184 e. The third-order valence-corrected chi connectivity index (χ3v) is 3.14. The Morgan fingerprint density at radius 1 is 1.11 bits per heavy atom. The van der Waals surface area contributed by atoms with Crippen LogP contribution in [-0.2, 0) is 6.42 Å². The van der Waals surface area contributed by atoms with Gasteiger partial charge in [-0.2, -0.15) is 0 Å². The van der Waals surface area contributed by atoms with Gasteiger partial charge >= 0.3 is 0 Å². The number of aromatic hydroxyl groups is 2. The molecule has 0 aliphatic rings. The highest BCUT2D eigenvalue weighted by molar-refractivity contribution is 6.34. The van der Waals surface area contributed by atoms with E-state index in [4.69, 9.17) is 11.6 Å². The number of carbonyl (C=O) groups excluding carboxylic acids is 1. The van der Waals surface area contributed by atoms with Crippen molar-refractivity contribution in [2.45, 2.75) is 11.8 Å². The van der Waals surface area contributed by atoms with Gasteiger partial charge in [-0.1, -0.05) is 30.3 Å². The number of alkyl halides is 1. The minimum absolute atomic E-state index is 0.0942. The lowest BCUT2D eigenvalue weighted by Crippen LogP contribution is -2.17. The number of phenols is 2. The molecule has 1 unspecified atom stereocenters. The molecule has 98 valence electrons. The number of benzene rings is 2. The Morgan fingerprint density at radius 3 is 2.42 bits per heavy atom. The minimum Gasteiger partial charge on any atom is -0.508 e. The fourth-order valence-corrected chi connectivity index (χ4v) is 2.11. The zero-order valence-electron chi connectivity index (χ0n) is 10.1. The lowest BCUT2D eigenvalue weighted by molar-refractivity contribution is 0.0984. The number of Topliss-reactive ketones (excluding diaryl/α,β-unsaturated/α-hetero) is 1. The van der Waals surface area contributed by atoms with Gasteiger partial charge in [-0.25, -0.2) is 0 Å². The van der Waals surface area contributed by atoms with Crippen molar-refractivity contribution in [3.8, 4) is 11.5 Å². The van der Waals surface area contributed by atoms with E-state index in [0.717, 1.165) is 11.6 Å². The van der Waals surface area contributed by atoms with Crippen LogP contribution >= 0.6 is 11.6 Å². The normalized spacial score (nSPS) is 12.1. The third-order valence-electron chi connectivity index (χ3n) is 2.79. The molecule has 0 spiro atoms. The van der Waals surface area contributed by atoms with E-state index in [2.05, 4.69) is 0 Å². The molecular weight excluding hydrogens is 264 g/mol. The molecule has 19 heavy (non-hydrogen) atoms. The average molecular weight is 277 g/mol. The van der Waals surface area contributed by atoms with Crippen molar-refractivity contribution >= 4 is 17.4 Å². The summed E-state index contributed by atoms with van der Waals surface area (Å²) < 4.78 is 0. The third kappa shape index (κ3) is 3.26. The molecule has 2 aromatic rings. The quantitative estimate of drug-likeness (QED) is 0.666. The van der Waals surface area contributed by atoms with Crippen LogP contribution in [0.3, 0.4) is 0 Å². The first kappa shape index (κ1) is 13.4. The van der Waals surface area contributed by atoms with Crippen LogP contribution in [0.1, 0.15) is 15.9 Å². The highest BCUT2D eigenvalue weighted by Gasteiger charge is 2.20. The van der Waals surface area contributed by atoms with E-state index in [1.165, 1.54) is 12.1 Å². The van der Waals surface area contributed by atoms with Crippen LogP contribution in [0.25, 0.3) is 0 Å². The molecule has 3 nitrogen and oxygen atoms in total. The minimum atomic E-state index is -0.752. The van der Waals surface area contributed by atoms with E-state index in [1.807, 2.05) is 30.3 Å². The van der Waals surface area contributed by atoms with Crippen LogP contribution in [0.5, 0.6) is 11.5 Å². The largest absolute Gasteiger partial charge is 0.508 e. The Balaban J connectivity index is 2.15. The number of ketones is 1. The lowest BCUT2D eigenvalue weighted by Gasteiger charge is -2.10. The molecule has 4 heteroatoms. The molecule has 0 heterocycles. The number of carbonyl (C=O) groups is 1. The molecule has 0 bridgehead atoms. The predicted octanol–water partition coefficient (Wildman–Crippen LogP) is 3.13. The summed E-state index contributed by atoms with van der Waals surface area (Å²) >= 11 is 6.09. The number of hydrogen-bond donors (Lipinski definition) is 2. The van der Waals surface area contributed by atoms with Gasteiger partial charge in [0.2, 0.25) is 0 Å². The van der Waals surface area contributed by atoms with Gasteiger partial charge in [0.25, 0.3) is 0 Å². The Labute approximate surface area is 116 Å². The Bertz CT molecular complexity index is 581. The van der Waals surface area contributed by atoms with Crippen molar-refractivity contribution in [3.05, 3.63) is 59.7 Å². The van der Waals surface area contributed by atoms with Gasteiger partial charge in [-0.15, -0.1) is 11.6 Å². The highest BCUT2D eigenvalue weighted by Crippen LogP contribution is 2.25. The second-order valence-electron chi connectivity index (χ2n) is 4.22. The van der Waals surface area contributed by atoms with E-state index in [1.54, 1.807) is 0 Å². The first-order valence-electron chi connectivity index (χ1n) is 5.82. The lowest BCUT2D eigenvalue weighted by atomic mass is 10.0. The molecule has 0 aliphatic carbocycles. The van der Waals surface area contributed by atoms with Crippen molar-refractivity contribution < 1.29 is 15.0 Å². The van der Waals surface area contributed by atoms with Crippen LogP contribution in [-0.4, -0.2) is 21.4 Å². The van der Waals surface area contributed by atoms with Gasteiger partial charge in [0.15, 0.2) is 5.78 Å². The van der Waals surface area contributed by atoms with Crippen LogP contribution in [0, 0.1) is 0 Å². The summed E-state index contributed by atoms with van der Waals surface area (Å²) in [4.78, 5) is 12.1. The molecule has 0 aliphatic heterocycles. The number of halogens is 1. The molecule has 0 saturated carbocycles. The summed E-state index contributed by atoms with van der Waals surface area (Å²) in [6, 6.07) is 13.3. The smallest absolute Gasteiger partial charge is 0.184 e. The maximum absolute atomic E-state index is 12.1. The second kappa shape index (κ2) is 5.76. The molecule has 2 aromatic carbocycles. The average Bonchev–Trinajstić information content (AvgIpc) is 2.39. The first-order chi connectivity index (χ1) is 9.08. The molecule has 0 fully saturated rings. The van der Waals surface area contributed by atoms with Crippen LogP contribution < -0.4 is 0 Å². The SMILES string of the molecule is O=C(c1ccc(O)cc1O)C(Cl)Cc1ccccc1. The second-order valence-corrected chi connectivity index (χ2v) is 4.75.